The Morgan fingerprint density at radius 1 is 1.36 bits per heavy atom. The molecule has 0 saturated carbocycles. The Hall–Kier alpha value is -0.910. The summed E-state index contributed by atoms with van der Waals surface area (Å²) < 4.78 is 0. The topological polar surface area (TPSA) is 63.7 Å². The van der Waals surface area contributed by atoms with Crippen LogP contribution in [0.2, 0.25) is 0 Å². The SMILES string of the molecule is O=C(CCCBr)ON1C(=O)CCC1=O. The highest BCUT2D eigenvalue weighted by molar-refractivity contribution is 9.09. The highest BCUT2D eigenvalue weighted by Crippen LogP contribution is 2.12. The molecule has 0 bridgehead atoms. The van der Waals surface area contributed by atoms with Crippen molar-refractivity contribution in [3.63, 3.8) is 0 Å². The molecule has 2 amide bonds. The van der Waals surface area contributed by atoms with Gasteiger partial charge in [-0.05, 0) is 6.42 Å². The fraction of sp³-hybridized carbons (Fsp3) is 0.625. The zero-order valence-corrected chi connectivity index (χ0v) is 9.08. The third kappa shape index (κ3) is 2.80. The number of hydroxylamine groups is 2. The first-order valence-corrected chi connectivity index (χ1v) is 5.40. The van der Waals surface area contributed by atoms with E-state index in [0.717, 1.165) is 0 Å². The van der Waals surface area contributed by atoms with Crippen molar-refractivity contribution in [1.82, 2.24) is 5.06 Å². The molecule has 0 atom stereocenters. The van der Waals surface area contributed by atoms with Crippen LogP contribution < -0.4 is 0 Å². The van der Waals surface area contributed by atoms with Gasteiger partial charge in [0, 0.05) is 24.6 Å². The standard InChI is InChI=1S/C8H10BrNO4/c9-5-1-2-8(13)14-10-6(11)3-4-7(10)12/h1-5H2. The summed E-state index contributed by atoms with van der Waals surface area (Å²) in [5.41, 5.74) is 0. The van der Waals surface area contributed by atoms with Gasteiger partial charge in [-0.25, -0.2) is 4.79 Å². The lowest BCUT2D eigenvalue weighted by molar-refractivity contribution is -0.197. The van der Waals surface area contributed by atoms with Crippen molar-refractivity contribution in [1.29, 1.82) is 0 Å². The van der Waals surface area contributed by atoms with Gasteiger partial charge in [0.2, 0.25) is 0 Å². The number of carbonyl (C=O) groups is 3. The van der Waals surface area contributed by atoms with Crippen LogP contribution in [0.1, 0.15) is 25.7 Å². The second-order valence-electron chi connectivity index (χ2n) is 2.84. The summed E-state index contributed by atoms with van der Waals surface area (Å²) in [6, 6.07) is 0. The highest BCUT2D eigenvalue weighted by atomic mass is 79.9. The summed E-state index contributed by atoms with van der Waals surface area (Å²) in [5.74, 6) is -1.43. The quantitative estimate of drug-likeness (QED) is 0.555. The van der Waals surface area contributed by atoms with Crippen molar-refractivity contribution in [2.45, 2.75) is 25.7 Å². The van der Waals surface area contributed by atoms with E-state index in [9.17, 15) is 14.4 Å². The molecule has 1 rings (SSSR count). The molecule has 1 saturated heterocycles. The van der Waals surface area contributed by atoms with Gasteiger partial charge in [0.15, 0.2) is 0 Å². The molecule has 0 aromatic rings. The molecule has 0 unspecified atom stereocenters. The molecule has 1 heterocycles. The van der Waals surface area contributed by atoms with Crippen LogP contribution in [0.15, 0.2) is 0 Å². The van der Waals surface area contributed by atoms with Gasteiger partial charge in [0.05, 0.1) is 0 Å². The Labute approximate surface area is 89.5 Å². The van der Waals surface area contributed by atoms with Crippen LogP contribution >= 0.6 is 15.9 Å². The summed E-state index contributed by atoms with van der Waals surface area (Å²) in [4.78, 5) is 37.7. The maximum atomic E-state index is 11.1. The molecule has 6 heteroatoms. The van der Waals surface area contributed by atoms with E-state index in [0.29, 0.717) is 16.8 Å². The number of carbonyl (C=O) groups excluding carboxylic acids is 3. The summed E-state index contributed by atoms with van der Waals surface area (Å²) in [6.07, 6.45) is 1.08. The molecule has 1 aliphatic heterocycles. The van der Waals surface area contributed by atoms with Gasteiger partial charge in [0.1, 0.15) is 0 Å². The zero-order valence-electron chi connectivity index (χ0n) is 7.49. The Kier molecular flexibility index (Phi) is 4.06. The first-order chi connectivity index (χ1) is 6.65. The van der Waals surface area contributed by atoms with Gasteiger partial charge >= 0.3 is 5.97 Å². The van der Waals surface area contributed by atoms with Crippen LogP contribution in [0.25, 0.3) is 0 Å². The number of hydrogen-bond acceptors (Lipinski definition) is 4. The smallest absolute Gasteiger partial charge is 0.330 e. The lowest BCUT2D eigenvalue weighted by Gasteiger charge is -2.11. The number of alkyl halides is 1. The minimum atomic E-state index is -0.548. The van der Waals surface area contributed by atoms with Crippen LogP contribution in [0.4, 0.5) is 0 Å². The van der Waals surface area contributed by atoms with E-state index in [1.165, 1.54) is 0 Å². The maximum Gasteiger partial charge on any atom is 0.333 e. The fourth-order valence-corrected chi connectivity index (χ4v) is 1.30. The normalized spacial score (nSPS) is 16.2. The monoisotopic (exact) mass is 263 g/mol. The van der Waals surface area contributed by atoms with Gasteiger partial charge in [-0.15, -0.1) is 5.06 Å². The second kappa shape index (κ2) is 5.09. The number of rotatable bonds is 4. The van der Waals surface area contributed by atoms with E-state index in [1.54, 1.807) is 0 Å². The van der Waals surface area contributed by atoms with Crippen LogP contribution in [0.3, 0.4) is 0 Å². The van der Waals surface area contributed by atoms with E-state index in [4.69, 9.17) is 0 Å². The predicted octanol–water partition coefficient (Wildman–Crippen LogP) is 0.769. The van der Waals surface area contributed by atoms with E-state index in [1.807, 2.05) is 0 Å². The largest absolute Gasteiger partial charge is 0.333 e. The lowest BCUT2D eigenvalue weighted by Crippen LogP contribution is -2.31. The summed E-state index contributed by atoms with van der Waals surface area (Å²) in [6.45, 7) is 0. The fourth-order valence-electron chi connectivity index (χ4n) is 1.02. The van der Waals surface area contributed by atoms with Crippen LogP contribution in [-0.2, 0) is 19.2 Å². The van der Waals surface area contributed by atoms with Crippen molar-refractivity contribution in [2.75, 3.05) is 5.33 Å². The van der Waals surface area contributed by atoms with Crippen molar-refractivity contribution < 1.29 is 19.2 Å². The molecular weight excluding hydrogens is 254 g/mol. The molecule has 0 radical (unpaired) electrons. The van der Waals surface area contributed by atoms with E-state index < -0.39 is 17.8 Å². The van der Waals surface area contributed by atoms with E-state index in [-0.39, 0.29) is 19.3 Å². The molecular formula is C8H10BrNO4. The first-order valence-electron chi connectivity index (χ1n) is 4.27. The van der Waals surface area contributed by atoms with Crippen molar-refractivity contribution in [2.24, 2.45) is 0 Å². The van der Waals surface area contributed by atoms with Crippen molar-refractivity contribution in [3.8, 4) is 0 Å². The lowest BCUT2D eigenvalue weighted by atomic mass is 10.3. The number of imide groups is 1. The van der Waals surface area contributed by atoms with Crippen LogP contribution in [0, 0.1) is 0 Å². The number of hydrogen-bond donors (Lipinski definition) is 0. The van der Waals surface area contributed by atoms with E-state index in [2.05, 4.69) is 20.8 Å². The van der Waals surface area contributed by atoms with E-state index >= 15 is 0 Å². The Balaban J connectivity index is 2.39. The van der Waals surface area contributed by atoms with Gasteiger partial charge in [0.25, 0.3) is 11.8 Å². The molecule has 1 aliphatic rings. The Morgan fingerprint density at radius 3 is 2.43 bits per heavy atom. The summed E-state index contributed by atoms with van der Waals surface area (Å²) >= 11 is 3.16. The molecule has 14 heavy (non-hydrogen) atoms. The number of halogens is 1. The maximum absolute atomic E-state index is 11.1. The predicted molar refractivity (Wildman–Crippen MR) is 50.2 cm³/mol. The van der Waals surface area contributed by atoms with Gasteiger partial charge in [-0.3, -0.25) is 9.59 Å². The molecule has 78 valence electrons. The van der Waals surface area contributed by atoms with Crippen molar-refractivity contribution >= 4 is 33.7 Å². The third-order valence-electron chi connectivity index (χ3n) is 1.71. The number of nitrogens with zero attached hydrogens (tertiary/aromatic N) is 1. The second-order valence-corrected chi connectivity index (χ2v) is 3.63. The Morgan fingerprint density at radius 2 is 1.93 bits per heavy atom. The highest BCUT2D eigenvalue weighted by Gasteiger charge is 2.32. The molecule has 0 aliphatic carbocycles. The van der Waals surface area contributed by atoms with Crippen LogP contribution in [0.5, 0.6) is 0 Å². The molecule has 0 aromatic carbocycles. The minimum absolute atomic E-state index is 0.130. The van der Waals surface area contributed by atoms with Crippen molar-refractivity contribution in [3.05, 3.63) is 0 Å². The first kappa shape index (κ1) is 11.2. The summed E-state index contributed by atoms with van der Waals surface area (Å²) in [5, 5.41) is 1.25. The average molecular weight is 264 g/mol. The van der Waals surface area contributed by atoms with Gasteiger partial charge in [-0.1, -0.05) is 15.9 Å². The molecule has 0 N–H and O–H groups in total. The molecule has 1 fully saturated rings. The summed E-state index contributed by atoms with van der Waals surface area (Å²) in [7, 11) is 0. The molecule has 0 spiro atoms. The Bertz CT molecular complexity index is 250. The molecule has 5 nitrogen and oxygen atoms in total. The average Bonchev–Trinajstić information content (AvgIpc) is 2.46. The van der Waals surface area contributed by atoms with Gasteiger partial charge in [-0.2, -0.15) is 0 Å². The number of amides is 2. The third-order valence-corrected chi connectivity index (χ3v) is 2.27. The van der Waals surface area contributed by atoms with Gasteiger partial charge < -0.3 is 4.84 Å². The zero-order chi connectivity index (χ0) is 10.6. The molecule has 0 aromatic heterocycles. The van der Waals surface area contributed by atoms with Crippen LogP contribution in [-0.4, -0.2) is 28.2 Å². The minimum Gasteiger partial charge on any atom is -0.330 e.